The summed E-state index contributed by atoms with van der Waals surface area (Å²) in [6.45, 7) is 1.94. The molecule has 2 unspecified atom stereocenters. The first-order valence-corrected chi connectivity index (χ1v) is 10.8. The second-order valence-electron chi connectivity index (χ2n) is 7.15. The molecular formula is C20H29NO4S. The van der Waals surface area contributed by atoms with E-state index in [9.17, 15) is 13.2 Å². The molecule has 2 atom stereocenters. The molecule has 1 aliphatic carbocycles. The van der Waals surface area contributed by atoms with Crippen LogP contribution in [0.1, 0.15) is 56.9 Å². The van der Waals surface area contributed by atoms with Crippen LogP contribution in [-0.4, -0.2) is 25.5 Å². The number of aryl methyl sites for hydroxylation is 1. The fourth-order valence-corrected chi connectivity index (χ4v) is 4.67. The summed E-state index contributed by atoms with van der Waals surface area (Å²) in [5.41, 5.74) is 1.04. The van der Waals surface area contributed by atoms with Gasteiger partial charge < -0.3 is 5.11 Å². The Morgan fingerprint density at radius 2 is 1.88 bits per heavy atom. The minimum Gasteiger partial charge on any atom is -0.481 e. The number of hydrogen-bond donors (Lipinski definition) is 2. The van der Waals surface area contributed by atoms with Gasteiger partial charge in [-0.05, 0) is 69.9 Å². The molecule has 1 saturated carbocycles. The molecule has 0 aromatic heterocycles. The average molecular weight is 380 g/mol. The van der Waals surface area contributed by atoms with Crippen LogP contribution in [0, 0.1) is 12.8 Å². The molecule has 1 aromatic rings. The van der Waals surface area contributed by atoms with Gasteiger partial charge in [0.15, 0.2) is 0 Å². The number of carboxylic acids is 1. The number of unbranched alkanes of at least 4 members (excludes halogenated alkanes) is 1. The van der Waals surface area contributed by atoms with Gasteiger partial charge in [-0.25, -0.2) is 13.1 Å². The number of aliphatic carboxylic acids is 1. The normalized spacial score (nSPS) is 20.7. The van der Waals surface area contributed by atoms with Gasteiger partial charge in [-0.1, -0.05) is 29.8 Å². The lowest BCUT2D eigenvalue weighted by atomic mass is 10.0. The maximum Gasteiger partial charge on any atom is 0.303 e. The number of rotatable bonds is 10. The Hall–Kier alpha value is -1.66. The molecule has 0 radical (unpaired) electrons. The zero-order chi connectivity index (χ0) is 19.0. The molecule has 1 fully saturated rings. The Balaban J connectivity index is 1.70. The summed E-state index contributed by atoms with van der Waals surface area (Å²) >= 11 is 0. The number of hydrogen-bond acceptors (Lipinski definition) is 3. The lowest BCUT2D eigenvalue weighted by Crippen LogP contribution is -2.33. The third-order valence-electron chi connectivity index (χ3n) is 4.86. The molecule has 0 heterocycles. The van der Waals surface area contributed by atoms with Gasteiger partial charge >= 0.3 is 5.97 Å². The number of benzene rings is 1. The number of nitrogens with one attached hydrogen (secondary N) is 1. The van der Waals surface area contributed by atoms with Gasteiger partial charge in [0.25, 0.3) is 0 Å². The van der Waals surface area contributed by atoms with E-state index < -0.39 is 16.0 Å². The van der Waals surface area contributed by atoms with Crippen molar-refractivity contribution in [1.82, 2.24) is 4.72 Å². The van der Waals surface area contributed by atoms with Crippen molar-refractivity contribution in [2.45, 2.75) is 69.2 Å². The van der Waals surface area contributed by atoms with Crippen LogP contribution in [0.4, 0.5) is 0 Å². The predicted octanol–water partition coefficient (Wildman–Crippen LogP) is 4.03. The summed E-state index contributed by atoms with van der Waals surface area (Å²) in [4.78, 5) is 10.8. The van der Waals surface area contributed by atoms with Crippen molar-refractivity contribution < 1.29 is 18.3 Å². The predicted molar refractivity (Wildman–Crippen MR) is 102 cm³/mol. The molecule has 5 nitrogen and oxygen atoms in total. The van der Waals surface area contributed by atoms with Crippen LogP contribution in [0.2, 0.25) is 0 Å². The van der Waals surface area contributed by atoms with Gasteiger partial charge in [0.05, 0.1) is 4.90 Å². The number of carbonyl (C=O) groups is 1. The van der Waals surface area contributed by atoms with Crippen LogP contribution in [0.3, 0.4) is 0 Å². The molecule has 0 amide bonds. The van der Waals surface area contributed by atoms with Gasteiger partial charge in [-0.15, -0.1) is 0 Å². The van der Waals surface area contributed by atoms with E-state index in [1.165, 1.54) is 0 Å². The number of carboxylic acid groups (broad SMARTS) is 1. The summed E-state index contributed by atoms with van der Waals surface area (Å²) < 4.78 is 27.7. The highest BCUT2D eigenvalue weighted by Gasteiger charge is 2.28. The zero-order valence-corrected chi connectivity index (χ0v) is 16.2. The molecule has 0 bridgehead atoms. The van der Waals surface area contributed by atoms with Gasteiger partial charge in [-0.2, -0.15) is 0 Å². The van der Waals surface area contributed by atoms with Crippen molar-refractivity contribution in [3.63, 3.8) is 0 Å². The fourth-order valence-electron chi connectivity index (χ4n) is 3.39. The molecule has 0 spiro atoms. The SMILES string of the molecule is Cc1ccc(S(=O)(=O)NC2CCC(CCC=CCCCC(=O)O)C2)cc1. The van der Waals surface area contributed by atoms with E-state index in [4.69, 9.17) is 5.11 Å². The summed E-state index contributed by atoms with van der Waals surface area (Å²) in [5, 5.41) is 8.58. The van der Waals surface area contributed by atoms with Crippen LogP contribution >= 0.6 is 0 Å². The first kappa shape index (κ1) is 20.6. The molecule has 0 aliphatic heterocycles. The Morgan fingerprint density at radius 3 is 2.58 bits per heavy atom. The van der Waals surface area contributed by atoms with E-state index in [-0.39, 0.29) is 12.5 Å². The lowest BCUT2D eigenvalue weighted by Gasteiger charge is -2.14. The average Bonchev–Trinajstić information content (AvgIpc) is 3.00. The summed E-state index contributed by atoms with van der Waals surface area (Å²) in [5.74, 6) is -0.201. The largest absolute Gasteiger partial charge is 0.481 e. The highest BCUT2D eigenvalue weighted by Crippen LogP contribution is 2.30. The molecule has 144 valence electrons. The van der Waals surface area contributed by atoms with Crippen molar-refractivity contribution in [2.75, 3.05) is 0 Å². The molecule has 1 aromatic carbocycles. The van der Waals surface area contributed by atoms with Crippen LogP contribution < -0.4 is 4.72 Å². The van der Waals surface area contributed by atoms with Crippen molar-refractivity contribution in [3.05, 3.63) is 42.0 Å². The molecule has 0 saturated heterocycles. The topological polar surface area (TPSA) is 83.5 Å². The fraction of sp³-hybridized carbons (Fsp3) is 0.550. The minimum atomic E-state index is -3.44. The van der Waals surface area contributed by atoms with Crippen LogP contribution in [0.5, 0.6) is 0 Å². The number of sulfonamides is 1. The third kappa shape index (κ3) is 6.92. The van der Waals surface area contributed by atoms with Crippen molar-refractivity contribution in [2.24, 2.45) is 5.92 Å². The first-order chi connectivity index (χ1) is 12.4. The van der Waals surface area contributed by atoms with E-state index >= 15 is 0 Å². The first-order valence-electron chi connectivity index (χ1n) is 9.32. The second-order valence-corrected chi connectivity index (χ2v) is 8.86. The van der Waals surface area contributed by atoms with E-state index in [1.807, 2.05) is 19.1 Å². The van der Waals surface area contributed by atoms with Crippen molar-refractivity contribution in [3.8, 4) is 0 Å². The Bertz CT molecular complexity index is 710. The second kappa shape index (κ2) is 9.88. The van der Waals surface area contributed by atoms with E-state index in [1.54, 1.807) is 12.1 Å². The van der Waals surface area contributed by atoms with Crippen molar-refractivity contribution >= 4 is 16.0 Å². The number of allylic oxidation sites excluding steroid dienone is 2. The standard InChI is InChI=1S/C20H29NO4S/c1-16-9-13-19(14-10-16)26(24,25)21-18-12-11-17(15-18)7-5-3-2-4-6-8-20(22)23/h2-3,9-10,13-14,17-18,21H,4-8,11-12,15H2,1H3,(H,22,23). The van der Waals surface area contributed by atoms with Crippen LogP contribution in [-0.2, 0) is 14.8 Å². The molecule has 26 heavy (non-hydrogen) atoms. The van der Waals surface area contributed by atoms with E-state index in [0.29, 0.717) is 17.2 Å². The van der Waals surface area contributed by atoms with Crippen molar-refractivity contribution in [1.29, 1.82) is 0 Å². The maximum absolute atomic E-state index is 12.5. The van der Waals surface area contributed by atoms with Gasteiger partial charge in [0.2, 0.25) is 10.0 Å². The Labute approximate surface area is 156 Å². The van der Waals surface area contributed by atoms with Crippen LogP contribution in [0.15, 0.2) is 41.3 Å². The maximum atomic E-state index is 12.5. The highest BCUT2D eigenvalue weighted by atomic mass is 32.2. The minimum absolute atomic E-state index is 0.0193. The van der Waals surface area contributed by atoms with Gasteiger partial charge in [-0.3, -0.25) is 4.79 Å². The summed E-state index contributed by atoms with van der Waals surface area (Å²) in [6, 6.07) is 6.95. The smallest absolute Gasteiger partial charge is 0.303 e. The molecule has 6 heteroatoms. The molecule has 2 N–H and O–H groups in total. The zero-order valence-electron chi connectivity index (χ0n) is 15.4. The summed E-state index contributed by atoms with van der Waals surface area (Å²) in [6.07, 6.45) is 10.7. The third-order valence-corrected chi connectivity index (χ3v) is 6.40. The van der Waals surface area contributed by atoms with E-state index in [0.717, 1.165) is 44.1 Å². The Morgan fingerprint density at radius 1 is 1.19 bits per heavy atom. The quantitative estimate of drug-likeness (QED) is 0.475. The summed E-state index contributed by atoms with van der Waals surface area (Å²) in [7, 11) is -3.44. The molecule has 1 aliphatic rings. The van der Waals surface area contributed by atoms with E-state index in [2.05, 4.69) is 16.9 Å². The van der Waals surface area contributed by atoms with Gasteiger partial charge in [0, 0.05) is 12.5 Å². The highest BCUT2D eigenvalue weighted by molar-refractivity contribution is 7.89. The Kier molecular flexibility index (Phi) is 7.85. The lowest BCUT2D eigenvalue weighted by molar-refractivity contribution is -0.137. The molecule has 2 rings (SSSR count). The monoisotopic (exact) mass is 379 g/mol. The van der Waals surface area contributed by atoms with Gasteiger partial charge in [0.1, 0.15) is 0 Å². The van der Waals surface area contributed by atoms with Crippen LogP contribution in [0.25, 0.3) is 0 Å². The molecular weight excluding hydrogens is 350 g/mol.